The molecule has 3 N–H and O–H groups in total. The van der Waals surface area contributed by atoms with Gasteiger partial charge in [-0.15, -0.1) is 12.4 Å². The Labute approximate surface area is 149 Å². The molecule has 0 heterocycles. The number of aryl methyl sites for hydroxylation is 2. The fourth-order valence-corrected chi connectivity index (χ4v) is 2.32. The second-order valence-corrected chi connectivity index (χ2v) is 5.65. The fraction of sp³-hybridized carbons (Fsp3) is 0.316. The molecule has 1 amide bonds. The smallest absolute Gasteiger partial charge is 0.241 e. The van der Waals surface area contributed by atoms with E-state index in [4.69, 9.17) is 10.5 Å². The molecule has 0 aliphatic heterocycles. The number of carbonyl (C=O) groups excluding carboxylic acids is 1. The number of carbonyl (C=O) groups is 1. The summed E-state index contributed by atoms with van der Waals surface area (Å²) < 4.78 is 5.63. The summed E-state index contributed by atoms with van der Waals surface area (Å²) in [6, 6.07) is 13.0. The molecule has 2 aromatic rings. The Morgan fingerprint density at radius 2 is 1.75 bits per heavy atom. The van der Waals surface area contributed by atoms with Crippen LogP contribution in [0.25, 0.3) is 0 Å². The molecule has 5 heteroatoms. The number of nitrogens with two attached hydrogens (primary N) is 1. The number of hydrogen-bond donors (Lipinski definition) is 2. The summed E-state index contributed by atoms with van der Waals surface area (Å²) in [6.07, 6.45) is 0. The summed E-state index contributed by atoms with van der Waals surface area (Å²) in [5.41, 5.74) is 10.0. The molecule has 2 aromatic carbocycles. The first-order chi connectivity index (χ1) is 11.0. The van der Waals surface area contributed by atoms with Crippen LogP contribution < -0.4 is 15.8 Å². The first-order valence-electron chi connectivity index (χ1n) is 7.83. The lowest BCUT2D eigenvalue weighted by atomic mass is 10.1. The monoisotopic (exact) mass is 348 g/mol. The topological polar surface area (TPSA) is 64.3 Å². The van der Waals surface area contributed by atoms with Crippen molar-refractivity contribution in [1.29, 1.82) is 0 Å². The molecule has 0 aliphatic carbocycles. The summed E-state index contributed by atoms with van der Waals surface area (Å²) in [5, 5.41) is 2.89. The van der Waals surface area contributed by atoms with E-state index in [1.54, 1.807) is 0 Å². The largest absolute Gasteiger partial charge is 0.494 e. The molecule has 0 saturated carbocycles. The lowest BCUT2D eigenvalue weighted by molar-refractivity contribution is -0.122. The zero-order chi connectivity index (χ0) is 16.8. The summed E-state index contributed by atoms with van der Waals surface area (Å²) in [7, 11) is 0. The van der Waals surface area contributed by atoms with E-state index in [0.717, 1.165) is 28.0 Å². The number of hydrogen-bond acceptors (Lipinski definition) is 3. The highest BCUT2D eigenvalue weighted by atomic mass is 35.5. The lowest BCUT2D eigenvalue weighted by Crippen LogP contribution is -2.33. The predicted octanol–water partition coefficient (Wildman–Crippen LogP) is 3.44. The highest BCUT2D eigenvalue weighted by Crippen LogP contribution is 2.20. The standard InChI is InChI=1S/C19H24N2O2.ClH/c1-4-23-17-11-14(3)7-10-16(17)12-21-19(22)18(20)15-8-5-13(2)6-9-15;/h5-11,18H,4,12,20H2,1-3H3,(H,21,22);1H. The van der Waals surface area contributed by atoms with Crippen LogP contribution in [0.5, 0.6) is 5.75 Å². The Hall–Kier alpha value is -2.04. The minimum Gasteiger partial charge on any atom is -0.494 e. The quantitative estimate of drug-likeness (QED) is 0.840. The van der Waals surface area contributed by atoms with Crippen LogP contribution in [0.15, 0.2) is 42.5 Å². The third-order valence-electron chi connectivity index (χ3n) is 3.69. The van der Waals surface area contributed by atoms with Gasteiger partial charge in [0.25, 0.3) is 0 Å². The molecule has 1 atom stereocenters. The zero-order valence-corrected chi connectivity index (χ0v) is 15.2. The van der Waals surface area contributed by atoms with Crippen molar-refractivity contribution in [2.45, 2.75) is 33.4 Å². The molecule has 0 aromatic heterocycles. The highest BCUT2D eigenvalue weighted by Gasteiger charge is 2.16. The molecule has 0 fully saturated rings. The van der Waals surface area contributed by atoms with E-state index in [1.807, 2.05) is 63.2 Å². The van der Waals surface area contributed by atoms with Gasteiger partial charge in [-0.1, -0.05) is 42.0 Å². The summed E-state index contributed by atoms with van der Waals surface area (Å²) in [4.78, 5) is 12.3. The minimum absolute atomic E-state index is 0. The molecule has 0 radical (unpaired) electrons. The first kappa shape index (κ1) is 20.0. The molecule has 130 valence electrons. The van der Waals surface area contributed by atoms with Crippen LogP contribution in [0.3, 0.4) is 0 Å². The Balaban J connectivity index is 0.00000288. The van der Waals surface area contributed by atoms with Crippen LogP contribution in [0.1, 0.15) is 35.2 Å². The summed E-state index contributed by atoms with van der Waals surface area (Å²) >= 11 is 0. The van der Waals surface area contributed by atoms with Gasteiger partial charge in [-0.3, -0.25) is 4.79 Å². The molecule has 0 spiro atoms. The molecular formula is C19H25ClN2O2. The molecule has 1 unspecified atom stereocenters. The molecular weight excluding hydrogens is 324 g/mol. The number of benzene rings is 2. The lowest BCUT2D eigenvalue weighted by Gasteiger charge is -2.15. The Morgan fingerprint density at radius 1 is 1.12 bits per heavy atom. The van der Waals surface area contributed by atoms with E-state index in [2.05, 4.69) is 5.32 Å². The minimum atomic E-state index is -0.670. The second kappa shape index (κ2) is 9.30. The van der Waals surface area contributed by atoms with Crippen molar-refractivity contribution in [3.05, 3.63) is 64.7 Å². The molecule has 24 heavy (non-hydrogen) atoms. The van der Waals surface area contributed by atoms with E-state index in [0.29, 0.717) is 13.2 Å². The molecule has 0 aliphatic rings. The maximum absolute atomic E-state index is 12.3. The van der Waals surface area contributed by atoms with Crippen LogP contribution >= 0.6 is 12.4 Å². The van der Waals surface area contributed by atoms with Gasteiger partial charge in [-0.05, 0) is 38.0 Å². The van der Waals surface area contributed by atoms with Gasteiger partial charge in [0.05, 0.1) is 6.61 Å². The fourth-order valence-electron chi connectivity index (χ4n) is 2.32. The maximum atomic E-state index is 12.3. The Morgan fingerprint density at radius 3 is 2.38 bits per heavy atom. The van der Waals surface area contributed by atoms with Crippen molar-refractivity contribution in [2.24, 2.45) is 5.73 Å². The van der Waals surface area contributed by atoms with Crippen LogP contribution in [0, 0.1) is 13.8 Å². The van der Waals surface area contributed by atoms with E-state index in [1.165, 1.54) is 0 Å². The van der Waals surface area contributed by atoms with Crippen molar-refractivity contribution >= 4 is 18.3 Å². The summed E-state index contributed by atoms with van der Waals surface area (Å²) in [6.45, 7) is 6.94. The number of amides is 1. The average molecular weight is 349 g/mol. The SMILES string of the molecule is CCOc1cc(C)ccc1CNC(=O)C(N)c1ccc(C)cc1.Cl. The van der Waals surface area contributed by atoms with Crippen LogP contribution in [0.2, 0.25) is 0 Å². The van der Waals surface area contributed by atoms with Crippen molar-refractivity contribution in [2.75, 3.05) is 6.61 Å². The molecule has 0 saturated heterocycles. The van der Waals surface area contributed by atoms with Crippen molar-refractivity contribution < 1.29 is 9.53 Å². The van der Waals surface area contributed by atoms with Crippen LogP contribution in [-0.2, 0) is 11.3 Å². The van der Waals surface area contributed by atoms with Gasteiger partial charge in [0.1, 0.15) is 11.8 Å². The van der Waals surface area contributed by atoms with Gasteiger partial charge in [0, 0.05) is 12.1 Å². The second-order valence-electron chi connectivity index (χ2n) is 5.65. The predicted molar refractivity (Wildman–Crippen MR) is 99.6 cm³/mol. The highest BCUT2D eigenvalue weighted by molar-refractivity contribution is 5.85. The van der Waals surface area contributed by atoms with Gasteiger partial charge in [-0.2, -0.15) is 0 Å². The van der Waals surface area contributed by atoms with Crippen molar-refractivity contribution in [3.63, 3.8) is 0 Å². The third kappa shape index (κ3) is 5.25. The van der Waals surface area contributed by atoms with Crippen molar-refractivity contribution in [3.8, 4) is 5.75 Å². The van der Waals surface area contributed by atoms with Gasteiger partial charge in [0.15, 0.2) is 0 Å². The normalized spacial score (nSPS) is 11.3. The zero-order valence-electron chi connectivity index (χ0n) is 14.3. The van der Waals surface area contributed by atoms with E-state index >= 15 is 0 Å². The van der Waals surface area contributed by atoms with Crippen LogP contribution in [-0.4, -0.2) is 12.5 Å². The van der Waals surface area contributed by atoms with Gasteiger partial charge < -0.3 is 15.8 Å². The first-order valence-corrected chi connectivity index (χ1v) is 7.83. The van der Waals surface area contributed by atoms with E-state index < -0.39 is 6.04 Å². The number of ether oxygens (including phenoxy) is 1. The number of nitrogens with one attached hydrogen (secondary N) is 1. The maximum Gasteiger partial charge on any atom is 0.241 e. The Bertz CT molecular complexity index is 672. The Kier molecular flexibility index (Phi) is 7.75. The molecule has 2 rings (SSSR count). The molecule has 0 bridgehead atoms. The van der Waals surface area contributed by atoms with Crippen LogP contribution in [0.4, 0.5) is 0 Å². The van der Waals surface area contributed by atoms with E-state index in [9.17, 15) is 4.79 Å². The number of halogens is 1. The van der Waals surface area contributed by atoms with E-state index in [-0.39, 0.29) is 18.3 Å². The van der Waals surface area contributed by atoms with Gasteiger partial charge >= 0.3 is 0 Å². The third-order valence-corrected chi connectivity index (χ3v) is 3.69. The molecule has 4 nitrogen and oxygen atoms in total. The van der Waals surface area contributed by atoms with Gasteiger partial charge in [0.2, 0.25) is 5.91 Å². The average Bonchev–Trinajstić information content (AvgIpc) is 2.54. The van der Waals surface area contributed by atoms with Gasteiger partial charge in [-0.25, -0.2) is 0 Å². The summed E-state index contributed by atoms with van der Waals surface area (Å²) in [5.74, 6) is 0.605. The van der Waals surface area contributed by atoms with Crippen molar-refractivity contribution in [1.82, 2.24) is 5.32 Å². The number of rotatable bonds is 6.